The van der Waals surface area contributed by atoms with E-state index < -0.39 is 18.5 Å². The molecule has 2 N–H and O–H groups in total. The number of nitriles is 1. The van der Waals surface area contributed by atoms with Crippen LogP contribution < -0.4 is 14.8 Å². The first-order chi connectivity index (χ1) is 14.2. The Labute approximate surface area is 187 Å². The minimum atomic E-state index is -1.13. The summed E-state index contributed by atoms with van der Waals surface area (Å²) in [6.45, 7) is 3.32. The molecular formula is C21H18BrClN2O5. The lowest BCUT2D eigenvalue weighted by Crippen LogP contribution is -2.14. The Morgan fingerprint density at radius 2 is 2.03 bits per heavy atom. The zero-order valence-electron chi connectivity index (χ0n) is 16.2. The van der Waals surface area contributed by atoms with Gasteiger partial charge in [-0.1, -0.05) is 11.6 Å². The summed E-state index contributed by atoms with van der Waals surface area (Å²) in [5, 5.41) is 21.5. The van der Waals surface area contributed by atoms with Gasteiger partial charge in [0, 0.05) is 10.7 Å². The molecule has 156 valence electrons. The molecule has 0 bridgehead atoms. The molecule has 0 aliphatic carbocycles. The van der Waals surface area contributed by atoms with E-state index in [1.54, 1.807) is 44.2 Å². The van der Waals surface area contributed by atoms with Gasteiger partial charge >= 0.3 is 5.97 Å². The number of carboxylic acid groups (broad SMARTS) is 1. The van der Waals surface area contributed by atoms with Gasteiger partial charge in [-0.2, -0.15) is 5.26 Å². The summed E-state index contributed by atoms with van der Waals surface area (Å²) in [5.41, 5.74) is 1.67. The molecule has 2 aromatic rings. The second kappa shape index (κ2) is 10.7. The summed E-state index contributed by atoms with van der Waals surface area (Å²) >= 11 is 9.24. The standard InChI is InChI=1S/C21H18BrClN2O5/c1-3-29-18-9-13(8-16(22)20(18)30-11-19(26)27)7-14(10-24)21(28)25-17-5-4-15(23)6-12(17)2/h4-9H,3,11H2,1-2H3,(H,25,28)(H,26,27)/b14-7+. The highest BCUT2D eigenvalue weighted by Gasteiger charge is 2.16. The van der Waals surface area contributed by atoms with E-state index in [0.29, 0.717) is 27.4 Å². The number of hydrogen-bond acceptors (Lipinski definition) is 5. The Hall–Kier alpha value is -3.02. The molecule has 0 atom stereocenters. The molecule has 0 spiro atoms. The molecule has 0 saturated carbocycles. The second-order valence-electron chi connectivity index (χ2n) is 6.03. The zero-order chi connectivity index (χ0) is 22.3. The van der Waals surface area contributed by atoms with Crippen LogP contribution in [0.5, 0.6) is 11.5 Å². The van der Waals surface area contributed by atoms with Crippen molar-refractivity contribution in [1.82, 2.24) is 0 Å². The summed E-state index contributed by atoms with van der Waals surface area (Å²) in [5.74, 6) is -1.21. The molecule has 0 heterocycles. The molecule has 2 aromatic carbocycles. The third kappa shape index (κ3) is 6.24. The van der Waals surface area contributed by atoms with Gasteiger partial charge in [0.2, 0.25) is 0 Å². The van der Waals surface area contributed by atoms with Crippen molar-refractivity contribution in [3.63, 3.8) is 0 Å². The van der Waals surface area contributed by atoms with Crippen molar-refractivity contribution in [2.75, 3.05) is 18.5 Å². The maximum absolute atomic E-state index is 12.6. The zero-order valence-corrected chi connectivity index (χ0v) is 18.5. The van der Waals surface area contributed by atoms with Crippen LogP contribution in [-0.2, 0) is 9.59 Å². The number of aliphatic carboxylic acids is 1. The molecule has 0 aliphatic heterocycles. The summed E-state index contributed by atoms with van der Waals surface area (Å²) in [7, 11) is 0. The Morgan fingerprint density at radius 1 is 1.30 bits per heavy atom. The molecule has 0 radical (unpaired) electrons. The fourth-order valence-electron chi connectivity index (χ4n) is 2.48. The number of anilines is 1. The molecule has 7 nitrogen and oxygen atoms in total. The maximum Gasteiger partial charge on any atom is 0.341 e. The highest BCUT2D eigenvalue weighted by molar-refractivity contribution is 9.10. The van der Waals surface area contributed by atoms with Crippen LogP contribution in [0.3, 0.4) is 0 Å². The number of hydrogen-bond donors (Lipinski definition) is 2. The highest BCUT2D eigenvalue weighted by Crippen LogP contribution is 2.37. The van der Waals surface area contributed by atoms with Crippen LogP contribution in [0.4, 0.5) is 5.69 Å². The predicted octanol–water partition coefficient (Wildman–Crippen LogP) is 4.82. The third-order valence-electron chi connectivity index (χ3n) is 3.78. The molecule has 9 heteroatoms. The van der Waals surface area contributed by atoms with Crippen molar-refractivity contribution in [2.45, 2.75) is 13.8 Å². The Morgan fingerprint density at radius 3 is 2.63 bits per heavy atom. The average molecular weight is 494 g/mol. The quantitative estimate of drug-likeness (QED) is 0.403. The molecule has 0 aliphatic rings. The smallest absolute Gasteiger partial charge is 0.341 e. The van der Waals surface area contributed by atoms with E-state index in [-0.39, 0.29) is 17.1 Å². The van der Waals surface area contributed by atoms with Crippen molar-refractivity contribution in [2.24, 2.45) is 0 Å². The van der Waals surface area contributed by atoms with Crippen LogP contribution in [0.2, 0.25) is 5.02 Å². The molecule has 0 fully saturated rings. The summed E-state index contributed by atoms with van der Waals surface area (Å²) < 4.78 is 11.2. The number of amides is 1. The van der Waals surface area contributed by atoms with Gasteiger partial charge in [0.25, 0.3) is 5.91 Å². The number of ether oxygens (including phenoxy) is 2. The number of nitrogens with zero attached hydrogens (tertiary/aromatic N) is 1. The third-order valence-corrected chi connectivity index (χ3v) is 4.61. The molecule has 1 amide bonds. The largest absolute Gasteiger partial charge is 0.490 e. The fraction of sp³-hybridized carbons (Fsp3) is 0.190. The van der Waals surface area contributed by atoms with E-state index >= 15 is 0 Å². The van der Waals surface area contributed by atoms with Gasteiger partial charge in [-0.25, -0.2) is 4.79 Å². The van der Waals surface area contributed by atoms with Gasteiger partial charge < -0.3 is 19.9 Å². The highest BCUT2D eigenvalue weighted by atomic mass is 79.9. The monoisotopic (exact) mass is 492 g/mol. The van der Waals surface area contributed by atoms with Gasteiger partial charge in [-0.3, -0.25) is 4.79 Å². The number of carboxylic acids is 1. The first-order valence-corrected chi connectivity index (χ1v) is 9.92. The molecule has 30 heavy (non-hydrogen) atoms. The van der Waals surface area contributed by atoms with Crippen molar-refractivity contribution in [3.8, 4) is 17.6 Å². The van der Waals surface area contributed by atoms with E-state index in [0.717, 1.165) is 5.56 Å². The van der Waals surface area contributed by atoms with Gasteiger partial charge in [0.15, 0.2) is 18.1 Å². The number of carbonyl (C=O) groups is 2. The minimum Gasteiger partial charge on any atom is -0.490 e. The fourth-order valence-corrected chi connectivity index (χ4v) is 3.28. The number of nitrogens with one attached hydrogen (secondary N) is 1. The molecule has 0 unspecified atom stereocenters. The van der Waals surface area contributed by atoms with Crippen molar-refractivity contribution < 1.29 is 24.2 Å². The van der Waals surface area contributed by atoms with Crippen molar-refractivity contribution in [3.05, 3.63) is 56.5 Å². The van der Waals surface area contributed by atoms with Gasteiger partial charge in [0.05, 0.1) is 11.1 Å². The van der Waals surface area contributed by atoms with Crippen LogP contribution in [-0.4, -0.2) is 30.2 Å². The second-order valence-corrected chi connectivity index (χ2v) is 7.32. The summed E-state index contributed by atoms with van der Waals surface area (Å²) in [4.78, 5) is 23.4. The number of carbonyl (C=O) groups excluding carboxylic acids is 1. The number of aryl methyl sites for hydroxylation is 1. The van der Waals surface area contributed by atoms with Crippen molar-refractivity contribution in [1.29, 1.82) is 5.26 Å². The Balaban J connectivity index is 2.34. The molecule has 2 rings (SSSR count). The van der Waals surface area contributed by atoms with Gasteiger partial charge in [-0.05, 0) is 77.3 Å². The SMILES string of the molecule is CCOc1cc(/C=C(\C#N)C(=O)Nc2ccc(Cl)cc2C)cc(Br)c1OCC(=O)O. The molecular weight excluding hydrogens is 476 g/mol. The van der Waals surface area contributed by atoms with Crippen LogP contribution in [0, 0.1) is 18.3 Å². The van der Waals surface area contributed by atoms with Crippen molar-refractivity contribution >= 4 is 51.2 Å². The normalized spacial score (nSPS) is 10.8. The lowest BCUT2D eigenvalue weighted by atomic mass is 10.1. The number of rotatable bonds is 8. The van der Waals surface area contributed by atoms with E-state index in [1.165, 1.54) is 6.08 Å². The summed E-state index contributed by atoms with van der Waals surface area (Å²) in [6.07, 6.45) is 1.40. The maximum atomic E-state index is 12.6. The number of halogens is 2. The van der Waals surface area contributed by atoms with E-state index in [2.05, 4.69) is 21.2 Å². The lowest BCUT2D eigenvalue weighted by molar-refractivity contribution is -0.139. The van der Waals surface area contributed by atoms with Crippen LogP contribution >= 0.6 is 27.5 Å². The molecule has 0 saturated heterocycles. The topological polar surface area (TPSA) is 109 Å². The average Bonchev–Trinajstić information content (AvgIpc) is 2.67. The van der Waals surface area contributed by atoms with Gasteiger partial charge in [-0.15, -0.1) is 0 Å². The van der Waals surface area contributed by atoms with E-state index in [4.69, 9.17) is 26.2 Å². The Bertz CT molecular complexity index is 1050. The summed E-state index contributed by atoms with van der Waals surface area (Å²) in [6, 6.07) is 10.0. The lowest BCUT2D eigenvalue weighted by Gasteiger charge is -2.14. The molecule has 0 aromatic heterocycles. The van der Waals surface area contributed by atoms with E-state index in [9.17, 15) is 14.9 Å². The Kier molecular flexibility index (Phi) is 8.27. The van der Waals surface area contributed by atoms with Crippen LogP contribution in [0.1, 0.15) is 18.1 Å². The minimum absolute atomic E-state index is 0.127. The van der Waals surface area contributed by atoms with Crippen LogP contribution in [0.25, 0.3) is 6.08 Å². The van der Waals surface area contributed by atoms with Gasteiger partial charge in [0.1, 0.15) is 11.6 Å². The first kappa shape index (κ1) is 23.3. The predicted molar refractivity (Wildman–Crippen MR) is 117 cm³/mol. The number of benzene rings is 2. The first-order valence-electron chi connectivity index (χ1n) is 8.75. The van der Waals surface area contributed by atoms with E-state index in [1.807, 2.05) is 6.07 Å². The van der Waals surface area contributed by atoms with Crippen LogP contribution in [0.15, 0.2) is 40.4 Å².